The van der Waals surface area contributed by atoms with Gasteiger partial charge in [0.1, 0.15) is 0 Å². The number of carbonyl (C=O) groups excluding carboxylic acids is 1. The molecule has 18 heavy (non-hydrogen) atoms. The molecule has 2 bridgehead atoms. The number of benzene rings is 1. The van der Waals surface area contributed by atoms with Gasteiger partial charge in [0.15, 0.2) is 0 Å². The van der Waals surface area contributed by atoms with Crippen LogP contribution < -0.4 is 5.32 Å². The van der Waals surface area contributed by atoms with Crippen LogP contribution in [0.4, 0.5) is 0 Å². The molecule has 2 aliphatic carbocycles. The minimum absolute atomic E-state index is 0.0273. The van der Waals surface area contributed by atoms with Crippen molar-refractivity contribution in [2.75, 3.05) is 0 Å². The van der Waals surface area contributed by atoms with Gasteiger partial charge in [0.2, 0.25) is 0 Å². The molecule has 4 heteroatoms. The SMILES string of the molecule is O=C(NC1CC2CCC1C2)c1cc(Cl)ccc1I. The second-order valence-electron chi connectivity index (χ2n) is 5.38. The first-order valence-corrected chi connectivity index (χ1v) is 7.85. The van der Waals surface area contributed by atoms with Crippen molar-refractivity contribution in [3.8, 4) is 0 Å². The molecule has 0 saturated heterocycles. The van der Waals surface area contributed by atoms with Crippen LogP contribution in [0.25, 0.3) is 0 Å². The molecule has 2 nitrogen and oxygen atoms in total. The molecular formula is C14H15ClINO. The first-order chi connectivity index (χ1) is 8.63. The molecule has 0 spiro atoms. The first kappa shape index (κ1) is 12.7. The summed E-state index contributed by atoms with van der Waals surface area (Å²) in [5, 5.41) is 3.81. The summed E-state index contributed by atoms with van der Waals surface area (Å²) in [5.41, 5.74) is 0.700. The lowest BCUT2D eigenvalue weighted by molar-refractivity contribution is 0.0922. The Kier molecular flexibility index (Phi) is 3.54. The number of rotatable bonds is 2. The second kappa shape index (κ2) is 5.00. The van der Waals surface area contributed by atoms with Crippen molar-refractivity contribution < 1.29 is 4.79 Å². The van der Waals surface area contributed by atoms with E-state index in [-0.39, 0.29) is 5.91 Å². The van der Waals surface area contributed by atoms with Gasteiger partial charge in [-0.15, -0.1) is 0 Å². The Morgan fingerprint density at radius 1 is 1.33 bits per heavy atom. The van der Waals surface area contributed by atoms with Gasteiger partial charge in [-0.25, -0.2) is 0 Å². The minimum Gasteiger partial charge on any atom is -0.349 e. The Morgan fingerprint density at radius 2 is 2.17 bits per heavy atom. The predicted molar refractivity (Wildman–Crippen MR) is 80.9 cm³/mol. The van der Waals surface area contributed by atoms with Crippen LogP contribution in [0.2, 0.25) is 5.02 Å². The number of halogens is 2. The third kappa shape index (κ3) is 2.39. The van der Waals surface area contributed by atoms with E-state index in [1.807, 2.05) is 12.1 Å². The zero-order chi connectivity index (χ0) is 12.7. The van der Waals surface area contributed by atoms with Crippen molar-refractivity contribution in [3.05, 3.63) is 32.4 Å². The Labute approximate surface area is 126 Å². The summed E-state index contributed by atoms with van der Waals surface area (Å²) in [6, 6.07) is 5.84. The average Bonchev–Trinajstić information content (AvgIpc) is 2.94. The molecule has 1 aromatic rings. The summed E-state index contributed by atoms with van der Waals surface area (Å²) >= 11 is 8.14. The molecule has 2 aliphatic rings. The highest BCUT2D eigenvalue weighted by molar-refractivity contribution is 14.1. The Hall–Kier alpha value is -0.290. The largest absolute Gasteiger partial charge is 0.349 e. The molecule has 0 heterocycles. The van der Waals surface area contributed by atoms with Crippen LogP contribution in [0, 0.1) is 15.4 Å². The van der Waals surface area contributed by atoms with Crippen LogP contribution in [0.1, 0.15) is 36.0 Å². The zero-order valence-electron chi connectivity index (χ0n) is 9.96. The smallest absolute Gasteiger partial charge is 0.252 e. The maximum absolute atomic E-state index is 12.3. The lowest BCUT2D eigenvalue weighted by atomic mass is 9.95. The molecule has 96 valence electrons. The maximum Gasteiger partial charge on any atom is 0.252 e. The summed E-state index contributed by atoms with van der Waals surface area (Å²) < 4.78 is 0.956. The Balaban J connectivity index is 1.73. The van der Waals surface area contributed by atoms with Crippen LogP contribution >= 0.6 is 34.2 Å². The fraction of sp³-hybridized carbons (Fsp3) is 0.500. The zero-order valence-corrected chi connectivity index (χ0v) is 12.9. The Bertz CT molecular complexity index is 491. The second-order valence-corrected chi connectivity index (χ2v) is 6.98. The van der Waals surface area contributed by atoms with Gasteiger partial charge in [0, 0.05) is 14.6 Å². The summed E-state index contributed by atoms with van der Waals surface area (Å²) in [6.07, 6.45) is 5.10. The van der Waals surface area contributed by atoms with Crippen LogP contribution in [-0.2, 0) is 0 Å². The standard InChI is InChI=1S/C14H15ClINO/c15-10-3-4-12(16)11(7-10)14(18)17-13-6-8-1-2-9(13)5-8/h3-4,7-9,13H,1-2,5-6H2,(H,17,18). The highest BCUT2D eigenvalue weighted by Gasteiger charge is 2.40. The van der Waals surface area contributed by atoms with Crippen molar-refractivity contribution in [2.24, 2.45) is 11.8 Å². The van der Waals surface area contributed by atoms with E-state index in [9.17, 15) is 4.79 Å². The van der Waals surface area contributed by atoms with E-state index in [1.54, 1.807) is 6.07 Å². The fourth-order valence-corrected chi connectivity index (χ4v) is 4.09. The number of hydrogen-bond donors (Lipinski definition) is 1. The minimum atomic E-state index is 0.0273. The summed E-state index contributed by atoms with van der Waals surface area (Å²) in [4.78, 5) is 12.3. The summed E-state index contributed by atoms with van der Waals surface area (Å²) in [5.74, 6) is 1.58. The number of fused-ring (bicyclic) bond motifs is 2. The van der Waals surface area contributed by atoms with Gasteiger partial charge in [-0.2, -0.15) is 0 Å². The van der Waals surface area contributed by atoms with E-state index in [1.165, 1.54) is 19.3 Å². The van der Waals surface area contributed by atoms with E-state index in [0.717, 1.165) is 15.9 Å². The highest BCUT2D eigenvalue weighted by Crippen LogP contribution is 2.44. The van der Waals surface area contributed by atoms with E-state index >= 15 is 0 Å². The molecule has 1 amide bonds. The highest BCUT2D eigenvalue weighted by atomic mass is 127. The molecule has 3 rings (SSSR count). The van der Waals surface area contributed by atoms with E-state index in [0.29, 0.717) is 22.5 Å². The van der Waals surface area contributed by atoms with Gasteiger partial charge in [-0.1, -0.05) is 18.0 Å². The molecule has 0 aliphatic heterocycles. The average molecular weight is 376 g/mol. The first-order valence-electron chi connectivity index (χ1n) is 6.39. The van der Waals surface area contributed by atoms with Crippen molar-refractivity contribution in [1.82, 2.24) is 5.32 Å². The molecule has 1 N–H and O–H groups in total. The van der Waals surface area contributed by atoms with E-state index < -0.39 is 0 Å². The van der Waals surface area contributed by atoms with Crippen molar-refractivity contribution in [1.29, 1.82) is 0 Å². The topological polar surface area (TPSA) is 29.1 Å². The fourth-order valence-electron chi connectivity index (χ4n) is 3.34. The summed E-state index contributed by atoms with van der Waals surface area (Å²) in [7, 11) is 0. The van der Waals surface area contributed by atoms with Crippen molar-refractivity contribution in [3.63, 3.8) is 0 Å². The molecule has 0 radical (unpaired) electrons. The van der Waals surface area contributed by atoms with Gasteiger partial charge in [0.25, 0.3) is 5.91 Å². The van der Waals surface area contributed by atoms with E-state index in [4.69, 9.17) is 11.6 Å². The third-order valence-corrected chi connectivity index (χ3v) is 5.40. The lowest BCUT2D eigenvalue weighted by Crippen LogP contribution is -2.38. The molecule has 2 saturated carbocycles. The number of amides is 1. The molecule has 1 aromatic carbocycles. The number of hydrogen-bond acceptors (Lipinski definition) is 1. The van der Waals surface area contributed by atoms with Gasteiger partial charge in [0.05, 0.1) is 5.56 Å². The van der Waals surface area contributed by atoms with Crippen LogP contribution in [0.5, 0.6) is 0 Å². The predicted octanol–water partition coefficient (Wildman–Crippen LogP) is 3.86. The van der Waals surface area contributed by atoms with Crippen LogP contribution in [-0.4, -0.2) is 11.9 Å². The van der Waals surface area contributed by atoms with E-state index in [2.05, 4.69) is 27.9 Å². The van der Waals surface area contributed by atoms with Gasteiger partial charge in [-0.05, 0) is 71.9 Å². The van der Waals surface area contributed by atoms with Crippen molar-refractivity contribution in [2.45, 2.75) is 31.7 Å². The number of nitrogens with one attached hydrogen (secondary N) is 1. The normalized spacial score (nSPS) is 29.6. The molecule has 0 aromatic heterocycles. The van der Waals surface area contributed by atoms with Crippen LogP contribution in [0.15, 0.2) is 18.2 Å². The maximum atomic E-state index is 12.3. The monoisotopic (exact) mass is 375 g/mol. The lowest BCUT2D eigenvalue weighted by Gasteiger charge is -2.23. The molecule has 3 unspecified atom stereocenters. The van der Waals surface area contributed by atoms with Gasteiger partial charge < -0.3 is 5.32 Å². The van der Waals surface area contributed by atoms with Crippen molar-refractivity contribution >= 4 is 40.1 Å². The molecular weight excluding hydrogens is 361 g/mol. The third-order valence-electron chi connectivity index (χ3n) is 4.23. The van der Waals surface area contributed by atoms with Gasteiger partial charge >= 0.3 is 0 Å². The Morgan fingerprint density at radius 3 is 2.83 bits per heavy atom. The van der Waals surface area contributed by atoms with Gasteiger partial charge in [-0.3, -0.25) is 4.79 Å². The summed E-state index contributed by atoms with van der Waals surface area (Å²) in [6.45, 7) is 0. The quantitative estimate of drug-likeness (QED) is 0.781. The van der Waals surface area contributed by atoms with Crippen LogP contribution in [0.3, 0.4) is 0 Å². The molecule has 3 atom stereocenters. The molecule has 2 fully saturated rings. The number of carbonyl (C=O) groups is 1.